The normalized spacial score (nSPS) is 35.3. The molecule has 19 heavy (non-hydrogen) atoms. The van der Waals surface area contributed by atoms with Gasteiger partial charge in [0.1, 0.15) is 12.4 Å². The smallest absolute Gasteiger partial charge is 0.341 e. The molecular weight excluding hydrogens is 268 g/mol. The first kappa shape index (κ1) is 14.2. The average Bonchev–Trinajstić information content (AvgIpc) is 2.87. The second kappa shape index (κ2) is 4.69. The summed E-state index contributed by atoms with van der Waals surface area (Å²) in [7, 11) is -4.25. The lowest BCUT2D eigenvalue weighted by Crippen LogP contribution is -2.66. The van der Waals surface area contributed by atoms with Gasteiger partial charge < -0.3 is 10.6 Å². The third-order valence-electron chi connectivity index (χ3n) is 3.92. The first-order valence-corrected chi connectivity index (χ1v) is 7.80. The minimum Gasteiger partial charge on any atom is -0.370 e. The Hall–Kier alpha value is -1.25. The molecule has 8 heteroatoms. The number of hydrogen-bond donors (Lipinski definition) is 3. The topological polar surface area (TPSA) is 81.7 Å². The molecule has 0 bridgehead atoms. The van der Waals surface area contributed by atoms with Gasteiger partial charge in [0.2, 0.25) is 0 Å². The standard InChI is InChI=1S/C11H20N4O3S/c1-4-15(8-6-13-10(15)3)11(19(16,17)18)14-7-5-12-9(14)2/h5-13H,4H2,1-3H3/p+1. The molecule has 4 atom stereocenters. The molecule has 2 aliphatic rings. The maximum atomic E-state index is 11.9. The van der Waals surface area contributed by atoms with Crippen LogP contribution in [-0.4, -0.2) is 46.7 Å². The van der Waals surface area contributed by atoms with Gasteiger partial charge in [0.05, 0.1) is 12.7 Å². The zero-order valence-electron chi connectivity index (χ0n) is 11.3. The minimum atomic E-state index is -4.25. The van der Waals surface area contributed by atoms with Crippen LogP contribution in [-0.2, 0) is 10.1 Å². The average molecular weight is 289 g/mol. The predicted octanol–water partition coefficient (Wildman–Crippen LogP) is 0.137. The Morgan fingerprint density at radius 3 is 2.42 bits per heavy atom. The molecule has 108 valence electrons. The summed E-state index contributed by atoms with van der Waals surface area (Å²) in [6, 6.07) is 0. The Balaban J connectivity index is 2.49. The maximum absolute atomic E-state index is 11.9. The summed E-state index contributed by atoms with van der Waals surface area (Å²) in [5.74, 6) is 0. The molecular formula is C11H21N4O3S+. The second-order valence-electron chi connectivity index (χ2n) is 4.92. The molecule has 0 aliphatic carbocycles. The number of hydrogen-bond acceptors (Lipinski definition) is 5. The van der Waals surface area contributed by atoms with E-state index in [1.165, 1.54) is 0 Å². The summed E-state index contributed by atoms with van der Waals surface area (Å²) >= 11 is 0. The van der Waals surface area contributed by atoms with E-state index in [2.05, 4.69) is 10.6 Å². The van der Waals surface area contributed by atoms with Crippen LogP contribution in [0.4, 0.5) is 0 Å². The van der Waals surface area contributed by atoms with Crippen LogP contribution in [0.5, 0.6) is 0 Å². The van der Waals surface area contributed by atoms with Crippen LogP contribution in [0.1, 0.15) is 20.8 Å². The third kappa shape index (κ3) is 2.19. The number of rotatable bonds is 4. The van der Waals surface area contributed by atoms with Gasteiger partial charge in [-0.05, 0) is 13.8 Å². The zero-order valence-corrected chi connectivity index (χ0v) is 12.1. The van der Waals surface area contributed by atoms with E-state index in [1.54, 1.807) is 29.7 Å². The van der Waals surface area contributed by atoms with Crippen molar-refractivity contribution in [1.29, 1.82) is 0 Å². The monoisotopic (exact) mass is 289 g/mol. The first-order chi connectivity index (χ1) is 8.83. The molecule has 0 amide bonds. The summed E-state index contributed by atoms with van der Waals surface area (Å²) in [6.45, 7) is 6.21. The summed E-state index contributed by atoms with van der Waals surface area (Å²) < 4.78 is 33.7. The molecule has 0 fully saturated rings. The predicted molar refractivity (Wildman–Crippen MR) is 71.5 cm³/mol. The van der Waals surface area contributed by atoms with Crippen LogP contribution in [0.3, 0.4) is 0 Å². The Morgan fingerprint density at radius 1 is 1.37 bits per heavy atom. The number of nitrogens with one attached hydrogen (secondary N) is 2. The molecule has 2 aliphatic heterocycles. The highest BCUT2D eigenvalue weighted by atomic mass is 32.2. The quantitative estimate of drug-likeness (QED) is 0.504. The number of nitrogens with zero attached hydrogens (tertiary/aromatic N) is 2. The Labute approximate surface area is 113 Å². The third-order valence-corrected chi connectivity index (χ3v) is 5.09. The van der Waals surface area contributed by atoms with Crippen LogP contribution in [0.2, 0.25) is 0 Å². The summed E-state index contributed by atoms with van der Waals surface area (Å²) in [6.07, 6.45) is 6.57. The molecule has 7 nitrogen and oxygen atoms in total. The molecule has 0 saturated heterocycles. The zero-order chi connectivity index (χ0) is 14.3. The van der Waals surface area contributed by atoms with Crippen molar-refractivity contribution in [2.24, 2.45) is 0 Å². The molecule has 0 radical (unpaired) electrons. The van der Waals surface area contributed by atoms with Gasteiger partial charge >= 0.3 is 10.1 Å². The molecule has 3 N–H and O–H groups in total. The molecule has 4 unspecified atom stereocenters. The summed E-state index contributed by atoms with van der Waals surface area (Å²) in [4.78, 5) is 1.63. The highest BCUT2D eigenvalue weighted by molar-refractivity contribution is 7.86. The van der Waals surface area contributed by atoms with Gasteiger partial charge in [0.15, 0.2) is 6.17 Å². The maximum Gasteiger partial charge on any atom is 0.341 e. The fraction of sp³-hybridized carbons (Fsp3) is 0.636. The lowest BCUT2D eigenvalue weighted by Gasteiger charge is -2.44. The Morgan fingerprint density at radius 2 is 2.05 bits per heavy atom. The van der Waals surface area contributed by atoms with E-state index in [0.29, 0.717) is 6.54 Å². The van der Waals surface area contributed by atoms with Gasteiger partial charge in [-0.15, -0.1) is 0 Å². The van der Waals surface area contributed by atoms with Crippen molar-refractivity contribution in [2.75, 3.05) is 6.54 Å². The van der Waals surface area contributed by atoms with E-state index in [1.807, 2.05) is 20.8 Å². The largest absolute Gasteiger partial charge is 0.370 e. The van der Waals surface area contributed by atoms with Gasteiger partial charge in [-0.3, -0.25) is 9.45 Å². The van der Waals surface area contributed by atoms with Crippen molar-refractivity contribution in [1.82, 2.24) is 15.5 Å². The van der Waals surface area contributed by atoms with Crippen molar-refractivity contribution in [3.05, 3.63) is 24.8 Å². The van der Waals surface area contributed by atoms with E-state index in [9.17, 15) is 13.0 Å². The van der Waals surface area contributed by atoms with Crippen LogP contribution in [0.25, 0.3) is 0 Å². The molecule has 2 rings (SSSR count). The van der Waals surface area contributed by atoms with E-state index < -0.39 is 15.6 Å². The van der Waals surface area contributed by atoms with Gasteiger partial charge in [-0.1, -0.05) is 0 Å². The highest BCUT2D eigenvalue weighted by Crippen LogP contribution is 2.30. The lowest BCUT2D eigenvalue weighted by atomic mass is 10.3. The van der Waals surface area contributed by atoms with Crippen LogP contribution >= 0.6 is 0 Å². The van der Waals surface area contributed by atoms with Crippen molar-refractivity contribution < 1.29 is 17.5 Å². The number of quaternary nitrogens is 1. The molecule has 0 aromatic rings. The van der Waals surface area contributed by atoms with Gasteiger partial charge in [-0.2, -0.15) is 8.42 Å². The van der Waals surface area contributed by atoms with E-state index in [-0.39, 0.29) is 16.8 Å². The molecule has 0 saturated carbocycles. The molecule has 2 heterocycles. The van der Waals surface area contributed by atoms with Crippen molar-refractivity contribution in [3.63, 3.8) is 0 Å². The van der Waals surface area contributed by atoms with Crippen LogP contribution in [0.15, 0.2) is 24.8 Å². The SMILES string of the molecule is CC[N+]1(C(N2C=CNC2C)S(=O)(=O)O)C=CNC1C. The fourth-order valence-electron chi connectivity index (χ4n) is 2.79. The molecule has 0 aromatic carbocycles. The lowest BCUT2D eigenvalue weighted by molar-refractivity contribution is -0.918. The first-order valence-electron chi connectivity index (χ1n) is 6.30. The summed E-state index contributed by atoms with van der Waals surface area (Å²) in [5, 5.41) is 6.11. The van der Waals surface area contributed by atoms with Crippen molar-refractivity contribution in [3.8, 4) is 0 Å². The van der Waals surface area contributed by atoms with Crippen LogP contribution in [0, 0.1) is 0 Å². The van der Waals surface area contributed by atoms with Crippen molar-refractivity contribution >= 4 is 10.1 Å². The highest BCUT2D eigenvalue weighted by Gasteiger charge is 2.52. The molecule has 0 spiro atoms. The minimum absolute atomic E-state index is 0.120. The van der Waals surface area contributed by atoms with Gasteiger partial charge in [-0.25, -0.2) is 4.48 Å². The van der Waals surface area contributed by atoms with Gasteiger partial charge in [0.25, 0.3) is 5.50 Å². The Bertz CT molecular complexity index is 504. The van der Waals surface area contributed by atoms with E-state index in [4.69, 9.17) is 0 Å². The Kier molecular flexibility index (Phi) is 3.50. The van der Waals surface area contributed by atoms with Crippen molar-refractivity contribution in [2.45, 2.75) is 38.6 Å². The van der Waals surface area contributed by atoms with Crippen LogP contribution < -0.4 is 10.6 Å². The fourth-order valence-corrected chi connectivity index (χ4v) is 4.25. The second-order valence-corrected chi connectivity index (χ2v) is 6.37. The van der Waals surface area contributed by atoms with E-state index in [0.717, 1.165) is 0 Å². The van der Waals surface area contributed by atoms with E-state index >= 15 is 0 Å². The summed E-state index contributed by atoms with van der Waals surface area (Å²) in [5.41, 5.74) is -1.07. The molecule has 0 aromatic heterocycles. The van der Waals surface area contributed by atoms with Gasteiger partial charge in [0, 0.05) is 19.3 Å².